The first-order valence-electron chi connectivity index (χ1n) is 5.03. The van der Waals surface area contributed by atoms with E-state index in [1.54, 1.807) is 0 Å². The molecule has 74 valence electrons. The average Bonchev–Trinajstić information content (AvgIpc) is 2.17. The van der Waals surface area contributed by atoms with E-state index in [2.05, 4.69) is 29.7 Å². The standard InChI is InChI=1S/C10H19N3/c1-9(2)12-4-6-13(7-5-12)10(3)8-11/h9-10H,4-7H2,1-3H3. The van der Waals surface area contributed by atoms with Gasteiger partial charge in [-0.1, -0.05) is 0 Å². The summed E-state index contributed by atoms with van der Waals surface area (Å²) in [7, 11) is 0. The second kappa shape index (κ2) is 4.59. The molecular formula is C10H19N3. The molecule has 1 aliphatic rings. The van der Waals surface area contributed by atoms with Gasteiger partial charge in [0.15, 0.2) is 0 Å². The fourth-order valence-electron chi connectivity index (χ4n) is 1.72. The summed E-state index contributed by atoms with van der Waals surface area (Å²) in [5.41, 5.74) is 0. The Balaban J connectivity index is 2.35. The molecule has 1 heterocycles. The fourth-order valence-corrected chi connectivity index (χ4v) is 1.72. The van der Waals surface area contributed by atoms with Crippen LogP contribution in [0.3, 0.4) is 0 Å². The first kappa shape index (κ1) is 10.5. The van der Waals surface area contributed by atoms with Crippen LogP contribution < -0.4 is 0 Å². The van der Waals surface area contributed by atoms with Crippen molar-refractivity contribution in [1.82, 2.24) is 9.80 Å². The summed E-state index contributed by atoms with van der Waals surface area (Å²) in [6.07, 6.45) is 0. The van der Waals surface area contributed by atoms with E-state index in [4.69, 9.17) is 5.26 Å². The summed E-state index contributed by atoms with van der Waals surface area (Å²) in [4.78, 5) is 4.71. The zero-order valence-electron chi connectivity index (χ0n) is 8.82. The molecule has 1 saturated heterocycles. The highest BCUT2D eigenvalue weighted by atomic mass is 15.3. The summed E-state index contributed by atoms with van der Waals surface area (Å²) in [6.45, 7) is 10.7. The van der Waals surface area contributed by atoms with Crippen LogP contribution in [0.2, 0.25) is 0 Å². The van der Waals surface area contributed by atoms with E-state index in [0.717, 1.165) is 26.2 Å². The zero-order valence-corrected chi connectivity index (χ0v) is 8.82. The maximum atomic E-state index is 8.76. The van der Waals surface area contributed by atoms with Crippen LogP contribution in [0.1, 0.15) is 20.8 Å². The maximum Gasteiger partial charge on any atom is 0.0950 e. The highest BCUT2D eigenvalue weighted by Crippen LogP contribution is 2.08. The van der Waals surface area contributed by atoms with Gasteiger partial charge < -0.3 is 0 Å². The van der Waals surface area contributed by atoms with Crippen molar-refractivity contribution in [2.45, 2.75) is 32.9 Å². The molecule has 0 aromatic heterocycles. The third kappa shape index (κ3) is 2.68. The van der Waals surface area contributed by atoms with Crippen molar-refractivity contribution in [3.05, 3.63) is 0 Å². The molecule has 0 aromatic rings. The van der Waals surface area contributed by atoms with Gasteiger partial charge in [-0.3, -0.25) is 9.80 Å². The Kier molecular flexibility index (Phi) is 3.71. The Bertz CT molecular complexity index is 187. The fraction of sp³-hybridized carbons (Fsp3) is 0.900. The third-order valence-electron chi connectivity index (χ3n) is 2.81. The Morgan fingerprint density at radius 2 is 1.46 bits per heavy atom. The van der Waals surface area contributed by atoms with Crippen LogP contribution >= 0.6 is 0 Å². The molecule has 0 aliphatic carbocycles. The minimum atomic E-state index is 0.0781. The van der Waals surface area contributed by atoms with Crippen molar-refractivity contribution in [1.29, 1.82) is 5.26 Å². The molecule has 3 heteroatoms. The van der Waals surface area contributed by atoms with Gasteiger partial charge in [-0.05, 0) is 20.8 Å². The molecule has 1 atom stereocenters. The minimum absolute atomic E-state index is 0.0781. The van der Waals surface area contributed by atoms with E-state index in [1.165, 1.54) is 0 Å². The maximum absolute atomic E-state index is 8.76. The second-order valence-corrected chi connectivity index (χ2v) is 3.97. The van der Waals surface area contributed by atoms with Crippen molar-refractivity contribution in [2.24, 2.45) is 0 Å². The Labute approximate surface area is 80.9 Å². The molecule has 1 fully saturated rings. The highest BCUT2D eigenvalue weighted by Gasteiger charge is 2.21. The number of hydrogen-bond donors (Lipinski definition) is 0. The van der Waals surface area contributed by atoms with Gasteiger partial charge in [0.25, 0.3) is 0 Å². The van der Waals surface area contributed by atoms with E-state index >= 15 is 0 Å². The lowest BCUT2D eigenvalue weighted by molar-refractivity contribution is 0.0975. The number of piperazine rings is 1. The van der Waals surface area contributed by atoms with Crippen LogP contribution in [-0.2, 0) is 0 Å². The van der Waals surface area contributed by atoms with Gasteiger partial charge in [-0.15, -0.1) is 0 Å². The lowest BCUT2D eigenvalue weighted by Crippen LogP contribution is -2.51. The zero-order chi connectivity index (χ0) is 9.84. The Morgan fingerprint density at radius 3 is 1.85 bits per heavy atom. The van der Waals surface area contributed by atoms with Crippen molar-refractivity contribution in [3.8, 4) is 6.07 Å². The van der Waals surface area contributed by atoms with Crippen molar-refractivity contribution in [3.63, 3.8) is 0 Å². The minimum Gasteiger partial charge on any atom is -0.298 e. The van der Waals surface area contributed by atoms with Crippen LogP contribution in [-0.4, -0.2) is 48.1 Å². The number of nitrogens with zero attached hydrogens (tertiary/aromatic N) is 3. The van der Waals surface area contributed by atoms with Crippen molar-refractivity contribution >= 4 is 0 Å². The van der Waals surface area contributed by atoms with Crippen LogP contribution in [0.5, 0.6) is 0 Å². The van der Waals surface area contributed by atoms with E-state index < -0.39 is 0 Å². The Morgan fingerprint density at radius 1 is 1.00 bits per heavy atom. The molecule has 1 unspecified atom stereocenters. The van der Waals surface area contributed by atoms with E-state index in [1.807, 2.05) is 6.92 Å². The van der Waals surface area contributed by atoms with Crippen LogP contribution in [0.15, 0.2) is 0 Å². The van der Waals surface area contributed by atoms with Crippen LogP contribution in [0, 0.1) is 11.3 Å². The normalized spacial score (nSPS) is 23.0. The van der Waals surface area contributed by atoms with Gasteiger partial charge in [0.1, 0.15) is 0 Å². The molecule has 3 nitrogen and oxygen atoms in total. The van der Waals surface area contributed by atoms with Gasteiger partial charge in [0, 0.05) is 32.2 Å². The largest absolute Gasteiger partial charge is 0.298 e. The lowest BCUT2D eigenvalue weighted by Gasteiger charge is -2.37. The van der Waals surface area contributed by atoms with Gasteiger partial charge >= 0.3 is 0 Å². The summed E-state index contributed by atoms with van der Waals surface area (Å²) in [5.74, 6) is 0. The van der Waals surface area contributed by atoms with E-state index in [0.29, 0.717) is 6.04 Å². The molecule has 1 aliphatic heterocycles. The molecule has 13 heavy (non-hydrogen) atoms. The summed E-state index contributed by atoms with van der Waals surface area (Å²) in [5, 5.41) is 8.76. The molecule has 0 radical (unpaired) electrons. The predicted molar refractivity (Wildman–Crippen MR) is 53.4 cm³/mol. The third-order valence-corrected chi connectivity index (χ3v) is 2.81. The van der Waals surface area contributed by atoms with Crippen molar-refractivity contribution in [2.75, 3.05) is 26.2 Å². The SMILES string of the molecule is CC(C)N1CCN(C(C)C#N)CC1. The number of rotatable bonds is 2. The van der Waals surface area contributed by atoms with Gasteiger partial charge in [-0.2, -0.15) is 5.26 Å². The first-order valence-corrected chi connectivity index (χ1v) is 5.03. The van der Waals surface area contributed by atoms with Gasteiger partial charge in [-0.25, -0.2) is 0 Å². The molecule has 0 bridgehead atoms. The molecule has 0 aromatic carbocycles. The summed E-state index contributed by atoms with van der Waals surface area (Å²) >= 11 is 0. The van der Waals surface area contributed by atoms with Crippen LogP contribution in [0.25, 0.3) is 0 Å². The lowest BCUT2D eigenvalue weighted by atomic mass is 10.2. The topological polar surface area (TPSA) is 30.3 Å². The van der Waals surface area contributed by atoms with E-state index in [-0.39, 0.29) is 6.04 Å². The molecule has 0 amide bonds. The predicted octanol–water partition coefficient (Wildman–Crippen LogP) is 0.924. The van der Waals surface area contributed by atoms with E-state index in [9.17, 15) is 0 Å². The first-order chi connectivity index (χ1) is 6.15. The van der Waals surface area contributed by atoms with Gasteiger partial charge in [0.2, 0.25) is 0 Å². The Hall–Kier alpha value is -0.590. The molecular weight excluding hydrogens is 162 g/mol. The van der Waals surface area contributed by atoms with Crippen molar-refractivity contribution < 1.29 is 0 Å². The molecule has 1 rings (SSSR count). The summed E-state index contributed by atoms with van der Waals surface area (Å²) in [6, 6.07) is 3.00. The molecule has 0 spiro atoms. The highest BCUT2D eigenvalue weighted by molar-refractivity contribution is 4.90. The number of nitriles is 1. The average molecular weight is 181 g/mol. The molecule has 0 saturated carbocycles. The van der Waals surface area contributed by atoms with Crippen LogP contribution in [0.4, 0.5) is 0 Å². The van der Waals surface area contributed by atoms with Gasteiger partial charge in [0.05, 0.1) is 12.1 Å². The molecule has 0 N–H and O–H groups in total. The second-order valence-electron chi connectivity index (χ2n) is 3.97. The quantitative estimate of drug-likeness (QED) is 0.634. The number of hydrogen-bond acceptors (Lipinski definition) is 3. The summed E-state index contributed by atoms with van der Waals surface area (Å²) < 4.78 is 0. The smallest absolute Gasteiger partial charge is 0.0950 e. The monoisotopic (exact) mass is 181 g/mol.